The first-order valence-corrected chi connectivity index (χ1v) is 8.56. The first-order chi connectivity index (χ1) is 10.7. The zero-order valence-corrected chi connectivity index (χ0v) is 13.8. The van der Waals surface area contributed by atoms with Crippen molar-refractivity contribution in [2.24, 2.45) is 0 Å². The molecule has 0 spiro atoms. The molecule has 1 atom stereocenters. The Kier molecular flexibility index (Phi) is 4.69. The lowest BCUT2D eigenvalue weighted by atomic mass is 10.3. The van der Waals surface area contributed by atoms with Crippen molar-refractivity contribution in [3.8, 4) is 5.69 Å². The third-order valence-corrected chi connectivity index (χ3v) is 4.88. The molecule has 1 amide bonds. The third-order valence-electron chi connectivity index (χ3n) is 3.40. The number of aromatic nitrogens is 3. The number of nitrogens with one attached hydrogen (secondary N) is 1. The molecule has 1 aliphatic carbocycles. The highest BCUT2D eigenvalue weighted by Gasteiger charge is 2.27. The minimum atomic E-state index is -0.151. The number of carbonyl (C=O) groups is 1. The Labute approximate surface area is 138 Å². The molecule has 5 nitrogen and oxygen atoms in total. The van der Waals surface area contributed by atoms with Crippen molar-refractivity contribution in [1.29, 1.82) is 0 Å². The largest absolute Gasteiger partial charge is 0.352 e. The van der Waals surface area contributed by atoms with Gasteiger partial charge in [-0.1, -0.05) is 30.3 Å². The van der Waals surface area contributed by atoms with Crippen LogP contribution >= 0.6 is 23.4 Å². The van der Waals surface area contributed by atoms with E-state index in [1.54, 1.807) is 11.0 Å². The number of hydrogen-bond donors (Lipinski definition) is 1. The van der Waals surface area contributed by atoms with E-state index < -0.39 is 0 Å². The summed E-state index contributed by atoms with van der Waals surface area (Å²) < 4.78 is 1.68. The minimum Gasteiger partial charge on any atom is -0.352 e. The molecular formula is C15H17ClN4OS. The van der Waals surface area contributed by atoms with Gasteiger partial charge >= 0.3 is 0 Å². The van der Waals surface area contributed by atoms with Gasteiger partial charge in [-0.15, -0.1) is 5.10 Å². The Morgan fingerprint density at radius 2 is 2.18 bits per heavy atom. The van der Waals surface area contributed by atoms with Crippen molar-refractivity contribution in [3.63, 3.8) is 0 Å². The number of benzene rings is 1. The number of carbonyl (C=O) groups excluding carboxylic acids is 1. The second kappa shape index (κ2) is 6.71. The van der Waals surface area contributed by atoms with Crippen LogP contribution in [0, 0.1) is 0 Å². The summed E-state index contributed by atoms with van der Waals surface area (Å²) in [6, 6.07) is 7.75. The monoisotopic (exact) mass is 336 g/mol. The molecule has 7 heteroatoms. The molecule has 1 heterocycles. The topological polar surface area (TPSA) is 59.8 Å². The van der Waals surface area contributed by atoms with Crippen LogP contribution in [-0.4, -0.2) is 32.0 Å². The lowest BCUT2D eigenvalue weighted by Crippen LogP contribution is -2.33. The summed E-state index contributed by atoms with van der Waals surface area (Å²) in [4.78, 5) is 16.4. The second-order valence-corrected chi connectivity index (χ2v) is 6.85. The molecule has 2 aromatic rings. The maximum absolute atomic E-state index is 12.1. The number of rotatable bonds is 6. The summed E-state index contributed by atoms with van der Waals surface area (Å²) in [5, 5.41) is 8.59. The summed E-state index contributed by atoms with van der Waals surface area (Å²) >= 11 is 7.28. The molecule has 0 saturated heterocycles. The van der Waals surface area contributed by atoms with Crippen molar-refractivity contribution in [1.82, 2.24) is 20.1 Å². The van der Waals surface area contributed by atoms with E-state index in [1.165, 1.54) is 11.8 Å². The van der Waals surface area contributed by atoms with Gasteiger partial charge < -0.3 is 5.32 Å². The predicted molar refractivity (Wildman–Crippen MR) is 87.5 cm³/mol. The standard InChI is InChI=1S/C15H17ClN4OS/c1-2-13(14(21)18-11-5-6-11)22-15-17-9-20(19-15)12-7-3-10(16)4-8-12/h3-4,7-9,11,13H,2,5-6H2,1H3,(H,18,21). The van der Waals surface area contributed by atoms with Gasteiger partial charge in [0.05, 0.1) is 10.9 Å². The molecule has 1 unspecified atom stereocenters. The van der Waals surface area contributed by atoms with E-state index in [0.29, 0.717) is 16.2 Å². The van der Waals surface area contributed by atoms with Crippen LogP contribution in [-0.2, 0) is 4.79 Å². The Balaban J connectivity index is 1.67. The van der Waals surface area contributed by atoms with Crippen LogP contribution in [0.15, 0.2) is 35.7 Å². The van der Waals surface area contributed by atoms with Gasteiger partial charge in [0.2, 0.25) is 11.1 Å². The fourth-order valence-electron chi connectivity index (χ4n) is 1.99. The Bertz CT molecular complexity index is 654. The molecule has 1 fully saturated rings. The quantitative estimate of drug-likeness (QED) is 0.824. The maximum Gasteiger partial charge on any atom is 0.233 e. The maximum atomic E-state index is 12.1. The van der Waals surface area contributed by atoms with Crippen LogP contribution < -0.4 is 5.32 Å². The third kappa shape index (κ3) is 3.81. The van der Waals surface area contributed by atoms with Crippen LogP contribution in [0.25, 0.3) is 5.69 Å². The van der Waals surface area contributed by atoms with E-state index in [9.17, 15) is 4.79 Å². The summed E-state index contributed by atoms with van der Waals surface area (Å²) in [5.41, 5.74) is 0.888. The average molecular weight is 337 g/mol. The van der Waals surface area contributed by atoms with Crippen molar-refractivity contribution < 1.29 is 4.79 Å². The summed E-state index contributed by atoms with van der Waals surface area (Å²) in [6.07, 6.45) is 4.59. The summed E-state index contributed by atoms with van der Waals surface area (Å²) in [7, 11) is 0. The Morgan fingerprint density at radius 1 is 1.45 bits per heavy atom. The Morgan fingerprint density at radius 3 is 2.82 bits per heavy atom. The van der Waals surface area contributed by atoms with Crippen LogP contribution in [0.3, 0.4) is 0 Å². The highest BCUT2D eigenvalue weighted by atomic mass is 35.5. The van der Waals surface area contributed by atoms with Crippen molar-refractivity contribution in [2.75, 3.05) is 0 Å². The highest BCUT2D eigenvalue weighted by molar-refractivity contribution is 8.00. The van der Waals surface area contributed by atoms with Gasteiger partial charge in [0.25, 0.3) is 0 Å². The average Bonchev–Trinajstić information content (AvgIpc) is 3.21. The van der Waals surface area contributed by atoms with Crippen LogP contribution in [0.5, 0.6) is 0 Å². The van der Waals surface area contributed by atoms with Gasteiger partial charge in [0.15, 0.2) is 0 Å². The van der Waals surface area contributed by atoms with E-state index >= 15 is 0 Å². The first-order valence-electron chi connectivity index (χ1n) is 7.30. The van der Waals surface area contributed by atoms with Crippen molar-refractivity contribution >= 4 is 29.3 Å². The van der Waals surface area contributed by atoms with E-state index in [2.05, 4.69) is 15.4 Å². The molecule has 3 rings (SSSR count). The summed E-state index contributed by atoms with van der Waals surface area (Å²) in [5.74, 6) is 0.0813. The van der Waals surface area contributed by atoms with Gasteiger partial charge in [0.1, 0.15) is 6.33 Å². The van der Waals surface area contributed by atoms with Crippen LogP contribution in [0.2, 0.25) is 5.02 Å². The minimum absolute atomic E-state index is 0.0813. The Hall–Kier alpha value is -1.53. The fraction of sp³-hybridized carbons (Fsp3) is 0.400. The zero-order chi connectivity index (χ0) is 15.5. The van der Waals surface area contributed by atoms with Gasteiger partial charge in [-0.3, -0.25) is 4.79 Å². The molecule has 22 heavy (non-hydrogen) atoms. The first kappa shape index (κ1) is 15.4. The molecule has 0 bridgehead atoms. The van der Waals surface area contributed by atoms with Gasteiger partial charge in [-0.2, -0.15) is 0 Å². The van der Waals surface area contributed by atoms with Crippen molar-refractivity contribution in [2.45, 2.75) is 42.6 Å². The molecule has 0 radical (unpaired) electrons. The van der Waals surface area contributed by atoms with E-state index in [1.807, 2.05) is 31.2 Å². The molecule has 1 aromatic heterocycles. The number of nitrogens with zero attached hydrogens (tertiary/aromatic N) is 3. The summed E-state index contributed by atoms with van der Waals surface area (Å²) in [6.45, 7) is 2.00. The van der Waals surface area contributed by atoms with Gasteiger partial charge in [-0.25, -0.2) is 9.67 Å². The second-order valence-electron chi connectivity index (χ2n) is 5.25. The molecule has 1 saturated carbocycles. The SMILES string of the molecule is CCC(Sc1ncn(-c2ccc(Cl)cc2)n1)C(=O)NC1CC1. The van der Waals surface area contributed by atoms with Crippen LogP contribution in [0.1, 0.15) is 26.2 Å². The lowest BCUT2D eigenvalue weighted by Gasteiger charge is -2.12. The number of thioether (sulfide) groups is 1. The number of hydrogen-bond acceptors (Lipinski definition) is 4. The van der Waals surface area contributed by atoms with Gasteiger partial charge in [-0.05, 0) is 43.5 Å². The predicted octanol–water partition coefficient (Wildman–Crippen LogP) is 3.07. The van der Waals surface area contributed by atoms with Gasteiger partial charge in [0, 0.05) is 11.1 Å². The molecule has 116 valence electrons. The lowest BCUT2D eigenvalue weighted by molar-refractivity contribution is -0.120. The molecular weight excluding hydrogens is 320 g/mol. The smallest absolute Gasteiger partial charge is 0.233 e. The molecule has 1 aliphatic rings. The normalized spacial score (nSPS) is 15.5. The number of amides is 1. The molecule has 1 aromatic carbocycles. The highest BCUT2D eigenvalue weighted by Crippen LogP contribution is 2.25. The fourth-order valence-corrected chi connectivity index (χ4v) is 2.96. The zero-order valence-electron chi connectivity index (χ0n) is 12.2. The molecule has 0 aliphatic heterocycles. The van der Waals surface area contributed by atoms with E-state index in [-0.39, 0.29) is 11.2 Å². The van der Waals surface area contributed by atoms with E-state index in [0.717, 1.165) is 24.9 Å². The molecule has 1 N–H and O–H groups in total. The van der Waals surface area contributed by atoms with E-state index in [4.69, 9.17) is 11.6 Å². The van der Waals surface area contributed by atoms with Crippen molar-refractivity contribution in [3.05, 3.63) is 35.6 Å². The number of halogens is 1. The van der Waals surface area contributed by atoms with Crippen LogP contribution in [0.4, 0.5) is 0 Å².